The molecule has 3 rings (SSSR count). The number of Topliss-reactive ketones (excluding diaryl/α,β-unsaturated/α-hetero) is 1. The smallest absolute Gasteiger partial charge is 0.333 e. The van der Waals surface area contributed by atoms with E-state index in [0.717, 1.165) is 4.57 Å². The first-order valence-electron chi connectivity index (χ1n) is 7.68. The summed E-state index contributed by atoms with van der Waals surface area (Å²) in [6.07, 6.45) is 1.71. The lowest BCUT2D eigenvalue weighted by atomic mass is 9.94. The lowest BCUT2D eigenvalue weighted by Crippen LogP contribution is -2.42. The number of fused-ring (bicyclic) bond motifs is 3. The summed E-state index contributed by atoms with van der Waals surface area (Å²) < 4.78 is 9.50. The first-order chi connectivity index (χ1) is 11.0. The summed E-state index contributed by atoms with van der Waals surface area (Å²) in [7, 11) is 1.52. The SMILES string of the molecule is CC(=O)[C@H](C)n1c(=O)c2c(nc3oc(C(C)(C)C)cn32)n(C)c1=O. The van der Waals surface area contributed by atoms with Gasteiger partial charge in [-0.25, -0.2) is 9.36 Å². The van der Waals surface area contributed by atoms with Gasteiger partial charge in [0.25, 0.3) is 5.56 Å². The van der Waals surface area contributed by atoms with Crippen molar-refractivity contribution in [2.45, 2.75) is 46.1 Å². The third-order valence-corrected chi connectivity index (χ3v) is 4.25. The largest absolute Gasteiger partial charge is 0.428 e. The normalized spacial score (nSPS) is 13.8. The molecule has 0 saturated heterocycles. The Bertz CT molecular complexity index is 1090. The van der Waals surface area contributed by atoms with Gasteiger partial charge in [-0.3, -0.25) is 18.6 Å². The van der Waals surface area contributed by atoms with E-state index >= 15 is 0 Å². The third kappa shape index (κ3) is 2.13. The number of hydrogen-bond acceptors (Lipinski definition) is 5. The Kier molecular flexibility index (Phi) is 3.33. The Balaban J connectivity index is 2.47. The molecule has 8 nitrogen and oxygen atoms in total. The molecule has 0 fully saturated rings. The lowest BCUT2D eigenvalue weighted by Gasteiger charge is -2.13. The summed E-state index contributed by atoms with van der Waals surface area (Å²) in [6.45, 7) is 8.84. The lowest BCUT2D eigenvalue weighted by molar-refractivity contribution is -0.119. The van der Waals surface area contributed by atoms with Crippen LogP contribution in [0.15, 0.2) is 20.2 Å². The number of nitrogens with zero attached hydrogens (tertiary/aromatic N) is 4. The highest BCUT2D eigenvalue weighted by Crippen LogP contribution is 2.26. The number of ketones is 1. The highest BCUT2D eigenvalue weighted by Gasteiger charge is 2.26. The molecule has 0 spiro atoms. The summed E-state index contributed by atoms with van der Waals surface area (Å²) >= 11 is 0. The van der Waals surface area contributed by atoms with E-state index < -0.39 is 17.3 Å². The maximum Gasteiger partial charge on any atom is 0.333 e. The van der Waals surface area contributed by atoms with Crippen LogP contribution in [0.4, 0.5) is 0 Å². The van der Waals surface area contributed by atoms with Gasteiger partial charge in [0.2, 0.25) is 0 Å². The molecule has 0 radical (unpaired) electrons. The molecule has 1 atom stereocenters. The monoisotopic (exact) mass is 332 g/mol. The van der Waals surface area contributed by atoms with Crippen molar-refractivity contribution in [3.05, 3.63) is 32.8 Å². The molecule has 0 unspecified atom stereocenters. The Labute approximate surface area is 137 Å². The van der Waals surface area contributed by atoms with Crippen LogP contribution in [-0.4, -0.2) is 24.3 Å². The molecule has 3 heterocycles. The Morgan fingerprint density at radius 1 is 1.29 bits per heavy atom. The topological polar surface area (TPSA) is 91.5 Å². The number of hydrogen-bond donors (Lipinski definition) is 0. The van der Waals surface area contributed by atoms with Gasteiger partial charge in [0, 0.05) is 12.5 Å². The van der Waals surface area contributed by atoms with Gasteiger partial charge < -0.3 is 4.42 Å². The molecule has 0 N–H and O–H groups in total. The highest BCUT2D eigenvalue weighted by molar-refractivity contribution is 5.80. The van der Waals surface area contributed by atoms with Crippen molar-refractivity contribution in [2.24, 2.45) is 7.05 Å². The van der Waals surface area contributed by atoms with Gasteiger partial charge >= 0.3 is 11.5 Å². The highest BCUT2D eigenvalue weighted by atomic mass is 16.4. The second kappa shape index (κ2) is 4.93. The van der Waals surface area contributed by atoms with E-state index in [4.69, 9.17) is 4.42 Å². The van der Waals surface area contributed by atoms with E-state index in [2.05, 4.69) is 4.98 Å². The third-order valence-electron chi connectivity index (χ3n) is 4.25. The zero-order valence-electron chi connectivity index (χ0n) is 14.6. The van der Waals surface area contributed by atoms with E-state index in [1.54, 1.807) is 10.6 Å². The molecule has 128 valence electrons. The Morgan fingerprint density at radius 2 is 1.92 bits per heavy atom. The van der Waals surface area contributed by atoms with Crippen molar-refractivity contribution in [2.75, 3.05) is 0 Å². The predicted molar refractivity (Wildman–Crippen MR) is 88.6 cm³/mol. The van der Waals surface area contributed by atoms with Crippen LogP contribution in [0, 0.1) is 0 Å². The van der Waals surface area contributed by atoms with Crippen molar-refractivity contribution in [1.29, 1.82) is 0 Å². The number of oxazole rings is 1. The Morgan fingerprint density at radius 3 is 2.46 bits per heavy atom. The van der Waals surface area contributed by atoms with Gasteiger partial charge in [0.1, 0.15) is 5.76 Å². The molecule has 8 heteroatoms. The van der Waals surface area contributed by atoms with Crippen molar-refractivity contribution < 1.29 is 9.21 Å². The van der Waals surface area contributed by atoms with Crippen LogP contribution >= 0.6 is 0 Å². The fourth-order valence-corrected chi connectivity index (χ4v) is 2.59. The molecule has 0 saturated carbocycles. The zero-order valence-corrected chi connectivity index (χ0v) is 14.6. The molecular weight excluding hydrogens is 312 g/mol. The molecule has 0 aromatic carbocycles. The summed E-state index contributed by atoms with van der Waals surface area (Å²) in [5.41, 5.74) is -0.924. The van der Waals surface area contributed by atoms with Crippen molar-refractivity contribution in [3.8, 4) is 0 Å². The summed E-state index contributed by atoms with van der Waals surface area (Å²) in [4.78, 5) is 41.3. The summed E-state index contributed by atoms with van der Waals surface area (Å²) in [5, 5.41) is 0. The first kappa shape index (κ1) is 16.2. The van der Waals surface area contributed by atoms with Crippen molar-refractivity contribution in [1.82, 2.24) is 18.5 Å². The van der Waals surface area contributed by atoms with Crippen LogP contribution in [0.2, 0.25) is 0 Å². The van der Waals surface area contributed by atoms with E-state index in [9.17, 15) is 14.4 Å². The van der Waals surface area contributed by atoms with E-state index in [-0.39, 0.29) is 28.2 Å². The quantitative estimate of drug-likeness (QED) is 0.707. The minimum atomic E-state index is -0.847. The number of rotatable bonds is 2. The fourth-order valence-electron chi connectivity index (χ4n) is 2.59. The average molecular weight is 332 g/mol. The number of imidazole rings is 1. The van der Waals surface area contributed by atoms with Gasteiger partial charge in [-0.05, 0) is 13.8 Å². The first-order valence-corrected chi connectivity index (χ1v) is 7.68. The van der Waals surface area contributed by atoms with Gasteiger partial charge in [-0.15, -0.1) is 0 Å². The van der Waals surface area contributed by atoms with E-state index in [1.165, 1.54) is 25.5 Å². The van der Waals surface area contributed by atoms with Crippen LogP contribution in [0.25, 0.3) is 17.0 Å². The molecule has 0 aliphatic rings. The fraction of sp³-hybridized carbons (Fsp3) is 0.500. The molecule has 0 aliphatic carbocycles. The average Bonchev–Trinajstić information content (AvgIpc) is 3.01. The molecule has 3 aromatic heterocycles. The number of carbonyl (C=O) groups is 1. The second-order valence-electron chi connectivity index (χ2n) is 7.09. The summed E-state index contributed by atoms with van der Waals surface area (Å²) in [6, 6.07) is -0.847. The van der Waals surface area contributed by atoms with Crippen LogP contribution in [0.3, 0.4) is 0 Å². The maximum absolute atomic E-state index is 12.9. The molecule has 0 bridgehead atoms. The van der Waals surface area contributed by atoms with E-state index in [0.29, 0.717) is 5.76 Å². The standard InChI is InChI=1S/C16H20N4O4/c1-8(9(2)21)20-13(22)11-12(18(6)15(20)23)17-14-19(11)7-10(24-14)16(3,4)5/h7-8H,1-6H3/t8-/m0/s1. The molecule has 24 heavy (non-hydrogen) atoms. The van der Waals surface area contributed by atoms with E-state index in [1.807, 2.05) is 20.8 Å². The van der Waals surface area contributed by atoms with Crippen molar-refractivity contribution in [3.63, 3.8) is 0 Å². The van der Waals surface area contributed by atoms with Gasteiger partial charge in [-0.1, -0.05) is 20.8 Å². The zero-order chi connectivity index (χ0) is 18.0. The number of aromatic nitrogens is 4. The van der Waals surface area contributed by atoms with Gasteiger partial charge in [0.05, 0.1) is 12.2 Å². The van der Waals surface area contributed by atoms with Crippen LogP contribution < -0.4 is 11.2 Å². The summed E-state index contributed by atoms with van der Waals surface area (Å²) in [5.74, 6) is 0.651. The number of aryl methyl sites for hydroxylation is 1. The molecule has 3 aromatic rings. The minimum Gasteiger partial charge on any atom is -0.428 e. The number of carbonyl (C=O) groups excluding carboxylic acids is 1. The van der Waals surface area contributed by atoms with Gasteiger partial charge in [0.15, 0.2) is 16.9 Å². The Hall–Kier alpha value is -2.64. The molecular formula is C16H20N4O4. The predicted octanol–water partition coefficient (Wildman–Crippen LogP) is 1.39. The van der Waals surface area contributed by atoms with Crippen LogP contribution in [-0.2, 0) is 17.3 Å². The van der Waals surface area contributed by atoms with Gasteiger partial charge in [-0.2, -0.15) is 4.98 Å². The minimum absolute atomic E-state index is 0.222. The van der Waals surface area contributed by atoms with Crippen LogP contribution in [0.5, 0.6) is 0 Å². The van der Waals surface area contributed by atoms with Crippen molar-refractivity contribution >= 4 is 22.8 Å². The molecule has 0 amide bonds. The second-order valence-corrected chi connectivity index (χ2v) is 7.09. The maximum atomic E-state index is 12.9. The van der Waals surface area contributed by atoms with Crippen LogP contribution in [0.1, 0.15) is 46.4 Å². The molecule has 0 aliphatic heterocycles.